The Labute approximate surface area is 173 Å². The first-order chi connectivity index (χ1) is 14.1. The molecule has 1 unspecified atom stereocenters. The Balaban J connectivity index is 2.07. The fraction of sp³-hybridized carbons (Fsp3) is 0.211. The fourth-order valence-corrected chi connectivity index (χ4v) is 2.92. The van der Waals surface area contributed by atoms with Crippen LogP contribution in [-0.4, -0.2) is 33.0 Å². The molecule has 158 valence electrons. The van der Waals surface area contributed by atoms with Gasteiger partial charge in [-0.25, -0.2) is 14.5 Å². The van der Waals surface area contributed by atoms with Gasteiger partial charge in [0.1, 0.15) is 24.2 Å². The standard InChI is InChI=1S/C19H15ClF3N3O4/c1-29-17(27)18(28,9-26-11-24-10-25-26)15-7-6-14(8-16(15)19(21,22)23)30-13-4-2-12(20)3-5-13/h2-8,10-11,28H,9H2,1H3. The highest BCUT2D eigenvalue weighted by Gasteiger charge is 2.47. The average Bonchev–Trinajstić information content (AvgIpc) is 3.21. The molecule has 0 spiro atoms. The molecule has 2 aromatic carbocycles. The van der Waals surface area contributed by atoms with Gasteiger partial charge in [0.25, 0.3) is 0 Å². The molecule has 7 nitrogen and oxygen atoms in total. The zero-order valence-corrected chi connectivity index (χ0v) is 16.2. The lowest BCUT2D eigenvalue weighted by Crippen LogP contribution is -2.42. The molecule has 0 bridgehead atoms. The van der Waals surface area contributed by atoms with Gasteiger partial charge in [-0.3, -0.25) is 0 Å². The van der Waals surface area contributed by atoms with Crippen molar-refractivity contribution in [1.29, 1.82) is 0 Å². The van der Waals surface area contributed by atoms with E-state index in [9.17, 15) is 23.1 Å². The molecule has 3 rings (SSSR count). The SMILES string of the molecule is COC(=O)C(O)(Cn1cncn1)c1ccc(Oc2ccc(Cl)cc2)cc1C(F)(F)F. The van der Waals surface area contributed by atoms with Gasteiger partial charge in [-0.05, 0) is 36.4 Å². The number of aromatic nitrogens is 3. The van der Waals surface area contributed by atoms with Crippen LogP contribution >= 0.6 is 11.6 Å². The van der Waals surface area contributed by atoms with Crippen LogP contribution in [0, 0.1) is 0 Å². The minimum absolute atomic E-state index is 0.152. The van der Waals surface area contributed by atoms with Crippen molar-refractivity contribution >= 4 is 17.6 Å². The number of carbonyl (C=O) groups excluding carboxylic acids is 1. The van der Waals surface area contributed by atoms with E-state index < -0.39 is 35.4 Å². The molecule has 3 aromatic rings. The Kier molecular flexibility index (Phi) is 5.99. The normalized spacial score (nSPS) is 13.5. The van der Waals surface area contributed by atoms with Crippen LogP contribution in [0.4, 0.5) is 13.2 Å². The van der Waals surface area contributed by atoms with Crippen molar-refractivity contribution in [2.24, 2.45) is 0 Å². The second-order valence-electron chi connectivity index (χ2n) is 6.21. The molecule has 0 aliphatic carbocycles. The molecule has 0 saturated carbocycles. The Morgan fingerprint density at radius 1 is 1.13 bits per heavy atom. The topological polar surface area (TPSA) is 86.5 Å². The first kappa shape index (κ1) is 21.6. The average molecular weight is 442 g/mol. The summed E-state index contributed by atoms with van der Waals surface area (Å²) in [4.78, 5) is 16.0. The van der Waals surface area contributed by atoms with Crippen molar-refractivity contribution in [1.82, 2.24) is 14.8 Å². The molecule has 1 heterocycles. The summed E-state index contributed by atoms with van der Waals surface area (Å²) in [5.74, 6) is -1.18. The highest BCUT2D eigenvalue weighted by atomic mass is 35.5. The van der Waals surface area contributed by atoms with Crippen LogP contribution in [0.15, 0.2) is 55.1 Å². The summed E-state index contributed by atoms with van der Waals surface area (Å²) >= 11 is 5.78. The van der Waals surface area contributed by atoms with Crippen molar-refractivity contribution in [2.45, 2.75) is 18.3 Å². The van der Waals surface area contributed by atoms with Crippen molar-refractivity contribution in [3.05, 3.63) is 71.3 Å². The van der Waals surface area contributed by atoms with Crippen LogP contribution in [0.2, 0.25) is 5.02 Å². The minimum Gasteiger partial charge on any atom is -0.467 e. The molecule has 1 atom stereocenters. The lowest BCUT2D eigenvalue weighted by molar-refractivity contribution is -0.168. The van der Waals surface area contributed by atoms with Gasteiger partial charge in [0.15, 0.2) is 0 Å². The number of hydrogen-bond acceptors (Lipinski definition) is 6. The maximum Gasteiger partial charge on any atom is 0.416 e. The van der Waals surface area contributed by atoms with Gasteiger partial charge < -0.3 is 14.6 Å². The van der Waals surface area contributed by atoms with E-state index in [0.717, 1.165) is 30.5 Å². The highest BCUT2D eigenvalue weighted by molar-refractivity contribution is 6.30. The summed E-state index contributed by atoms with van der Waals surface area (Å²) in [5.41, 5.74) is -4.64. The zero-order valence-electron chi connectivity index (χ0n) is 15.4. The van der Waals surface area contributed by atoms with E-state index >= 15 is 0 Å². The first-order valence-electron chi connectivity index (χ1n) is 8.42. The Morgan fingerprint density at radius 2 is 1.80 bits per heavy atom. The molecule has 0 amide bonds. The number of alkyl halides is 3. The second-order valence-corrected chi connectivity index (χ2v) is 6.64. The van der Waals surface area contributed by atoms with E-state index in [0.29, 0.717) is 11.1 Å². The predicted molar refractivity (Wildman–Crippen MR) is 98.9 cm³/mol. The third kappa shape index (κ3) is 4.55. The molecule has 0 aliphatic rings. The van der Waals surface area contributed by atoms with E-state index in [1.165, 1.54) is 30.3 Å². The summed E-state index contributed by atoms with van der Waals surface area (Å²) in [6.45, 7) is -0.639. The lowest BCUT2D eigenvalue weighted by atomic mass is 9.89. The number of nitrogens with zero attached hydrogens (tertiary/aromatic N) is 3. The third-order valence-electron chi connectivity index (χ3n) is 4.17. The van der Waals surface area contributed by atoms with Crippen LogP contribution in [0.1, 0.15) is 11.1 Å². The third-order valence-corrected chi connectivity index (χ3v) is 4.42. The highest BCUT2D eigenvalue weighted by Crippen LogP contribution is 2.40. The van der Waals surface area contributed by atoms with Crippen molar-refractivity contribution < 1.29 is 32.5 Å². The van der Waals surface area contributed by atoms with Crippen LogP contribution in [0.5, 0.6) is 11.5 Å². The number of halogens is 4. The molecule has 11 heteroatoms. The molecule has 0 radical (unpaired) electrons. The summed E-state index contributed by atoms with van der Waals surface area (Å²) in [6, 6.07) is 8.86. The number of hydrogen-bond donors (Lipinski definition) is 1. The molecular weight excluding hydrogens is 427 g/mol. The number of benzene rings is 2. The first-order valence-corrected chi connectivity index (χ1v) is 8.79. The van der Waals surface area contributed by atoms with Crippen LogP contribution in [0.25, 0.3) is 0 Å². The van der Waals surface area contributed by atoms with E-state index in [1.807, 2.05) is 0 Å². The number of rotatable bonds is 6. The van der Waals surface area contributed by atoms with Crippen molar-refractivity contribution in [2.75, 3.05) is 7.11 Å². The number of methoxy groups -OCH3 is 1. The monoisotopic (exact) mass is 441 g/mol. The van der Waals surface area contributed by atoms with Gasteiger partial charge in [0, 0.05) is 10.6 Å². The Bertz CT molecular complexity index is 1030. The minimum atomic E-state index is -4.90. The zero-order chi connectivity index (χ0) is 21.9. The summed E-state index contributed by atoms with van der Waals surface area (Å²) in [7, 11) is 0.958. The van der Waals surface area contributed by atoms with Gasteiger partial charge in [-0.15, -0.1) is 0 Å². The number of aliphatic hydroxyl groups is 1. The summed E-state index contributed by atoms with van der Waals surface area (Å²) in [6.07, 6.45) is -2.64. The quantitative estimate of drug-likeness (QED) is 0.585. The summed E-state index contributed by atoms with van der Waals surface area (Å²) < 4.78 is 52.5. The van der Waals surface area contributed by atoms with E-state index in [1.54, 1.807) is 0 Å². The molecule has 30 heavy (non-hydrogen) atoms. The summed E-state index contributed by atoms with van der Waals surface area (Å²) in [5, 5.41) is 15.1. The maximum absolute atomic E-state index is 13.8. The van der Waals surface area contributed by atoms with Crippen molar-refractivity contribution in [3.63, 3.8) is 0 Å². The van der Waals surface area contributed by atoms with Gasteiger partial charge in [0.05, 0.1) is 19.2 Å². The molecule has 1 N–H and O–H groups in total. The smallest absolute Gasteiger partial charge is 0.416 e. The van der Waals surface area contributed by atoms with Crippen LogP contribution in [-0.2, 0) is 27.9 Å². The molecule has 1 aromatic heterocycles. The fourth-order valence-electron chi connectivity index (χ4n) is 2.80. The van der Waals surface area contributed by atoms with Gasteiger partial charge in [0.2, 0.25) is 5.60 Å². The predicted octanol–water partition coefficient (Wildman–Crippen LogP) is 3.80. The molecule has 0 fully saturated rings. The van der Waals surface area contributed by atoms with Gasteiger partial charge >= 0.3 is 12.1 Å². The molecule has 0 saturated heterocycles. The second kappa shape index (κ2) is 8.33. The van der Waals surface area contributed by atoms with Crippen molar-refractivity contribution in [3.8, 4) is 11.5 Å². The van der Waals surface area contributed by atoms with Crippen LogP contribution in [0.3, 0.4) is 0 Å². The number of esters is 1. The van der Waals surface area contributed by atoms with E-state index in [2.05, 4.69) is 14.8 Å². The molecular formula is C19H15ClF3N3O4. The number of carbonyl (C=O) groups is 1. The largest absolute Gasteiger partial charge is 0.467 e. The van der Waals surface area contributed by atoms with Crippen LogP contribution < -0.4 is 4.74 Å². The van der Waals surface area contributed by atoms with E-state index in [-0.39, 0.29) is 11.5 Å². The van der Waals surface area contributed by atoms with Gasteiger partial charge in [-0.2, -0.15) is 18.3 Å². The Morgan fingerprint density at radius 3 is 2.37 bits per heavy atom. The van der Waals surface area contributed by atoms with E-state index in [4.69, 9.17) is 16.3 Å². The maximum atomic E-state index is 13.8. The number of ether oxygens (including phenoxy) is 2. The lowest BCUT2D eigenvalue weighted by Gasteiger charge is -2.28. The Hall–Kier alpha value is -3.11. The molecule has 0 aliphatic heterocycles. The van der Waals surface area contributed by atoms with Gasteiger partial charge in [-0.1, -0.05) is 17.7 Å².